The number of hydrogen-bond acceptors (Lipinski definition) is 6. The maximum atomic E-state index is 12.5. The van der Waals surface area contributed by atoms with E-state index >= 15 is 0 Å². The molecule has 0 unspecified atom stereocenters. The van der Waals surface area contributed by atoms with Crippen LogP contribution >= 0.6 is 11.3 Å². The predicted molar refractivity (Wildman–Crippen MR) is 137 cm³/mol. The molecule has 3 rings (SSSR count). The van der Waals surface area contributed by atoms with Crippen molar-refractivity contribution in [2.75, 3.05) is 26.3 Å². The number of carbonyl (C=O) groups excluding carboxylic acids is 1. The van der Waals surface area contributed by atoms with Gasteiger partial charge in [0.15, 0.2) is 5.60 Å². The Labute approximate surface area is 205 Å². The molecule has 0 spiro atoms. The molecule has 0 atom stereocenters. The van der Waals surface area contributed by atoms with Crippen molar-refractivity contribution in [3.63, 3.8) is 0 Å². The molecule has 33 heavy (non-hydrogen) atoms. The number of ether oxygens (including phenoxy) is 2. The summed E-state index contributed by atoms with van der Waals surface area (Å²) >= 11 is 1.85. The van der Waals surface area contributed by atoms with E-state index < -0.39 is 19.3 Å². The Morgan fingerprint density at radius 3 is 2.03 bits per heavy atom. The van der Waals surface area contributed by atoms with Crippen molar-refractivity contribution in [2.24, 2.45) is 0 Å². The predicted octanol–water partition coefficient (Wildman–Crippen LogP) is 5.36. The van der Waals surface area contributed by atoms with Crippen LogP contribution in [0.5, 0.6) is 0 Å². The van der Waals surface area contributed by atoms with E-state index in [0.29, 0.717) is 48.8 Å². The van der Waals surface area contributed by atoms with Gasteiger partial charge in [-0.3, -0.25) is 0 Å². The van der Waals surface area contributed by atoms with Crippen LogP contribution in [0.4, 0.5) is 4.79 Å². The second kappa shape index (κ2) is 9.59. The summed E-state index contributed by atoms with van der Waals surface area (Å²) in [6.45, 7) is 21.8. The molecule has 0 bridgehead atoms. The van der Waals surface area contributed by atoms with Crippen molar-refractivity contribution in [2.45, 2.75) is 109 Å². The van der Waals surface area contributed by atoms with Crippen molar-refractivity contribution in [3.8, 4) is 0 Å². The summed E-state index contributed by atoms with van der Waals surface area (Å²) in [5.74, 6) is 0.299. The quantitative estimate of drug-likeness (QED) is 0.537. The number of carbonyl (C=O) groups is 1. The Morgan fingerprint density at radius 2 is 1.64 bits per heavy atom. The highest BCUT2D eigenvalue weighted by molar-refractivity contribution is 7.27. The zero-order valence-corrected chi connectivity index (χ0v) is 23.8. The van der Waals surface area contributed by atoms with E-state index in [9.17, 15) is 9.90 Å². The van der Waals surface area contributed by atoms with E-state index in [-0.39, 0.29) is 6.09 Å². The summed E-state index contributed by atoms with van der Waals surface area (Å²) in [6.07, 6.45) is 1.50. The minimum Gasteiger partial charge on any atom is -0.444 e. The highest BCUT2D eigenvalue weighted by Crippen LogP contribution is 2.45. The SMILES string of the molecule is CC(C)[Si](c1nc(C2(O)COC2)c(C2CCN(C(=O)OC(C)(C)C)CC2)s1)(C(C)C)C(C)C. The van der Waals surface area contributed by atoms with Crippen LogP contribution in [0.15, 0.2) is 0 Å². The fourth-order valence-corrected chi connectivity index (χ4v) is 16.0. The number of nitrogens with zero attached hydrogens (tertiary/aromatic N) is 2. The van der Waals surface area contributed by atoms with Gasteiger partial charge in [0.2, 0.25) is 0 Å². The van der Waals surface area contributed by atoms with Gasteiger partial charge in [-0.2, -0.15) is 0 Å². The van der Waals surface area contributed by atoms with Gasteiger partial charge in [0, 0.05) is 18.0 Å². The maximum absolute atomic E-state index is 12.5. The molecule has 2 aliphatic heterocycles. The van der Waals surface area contributed by atoms with Crippen molar-refractivity contribution in [1.82, 2.24) is 9.88 Å². The standard InChI is InChI=1S/C25H44N2O4SSi/c1-16(2)33(17(3)4,18(5)6)22-26-21(25(29)14-30-15-25)20(32-22)19-10-12-27(13-11-19)23(28)31-24(7,8)9/h16-19,29H,10-15H2,1-9H3. The lowest BCUT2D eigenvalue weighted by Crippen LogP contribution is -2.56. The first-order valence-corrected chi connectivity index (χ1v) is 15.6. The van der Waals surface area contributed by atoms with E-state index in [1.807, 2.05) is 37.0 Å². The maximum Gasteiger partial charge on any atom is 0.410 e. The van der Waals surface area contributed by atoms with Crippen LogP contribution in [0, 0.1) is 0 Å². The Morgan fingerprint density at radius 1 is 1.12 bits per heavy atom. The zero-order valence-electron chi connectivity index (χ0n) is 22.0. The van der Waals surface area contributed by atoms with Crippen molar-refractivity contribution in [3.05, 3.63) is 10.6 Å². The molecule has 1 N–H and O–H groups in total. The average molecular weight is 497 g/mol. The fraction of sp³-hybridized carbons (Fsp3) is 0.840. The average Bonchev–Trinajstić information content (AvgIpc) is 3.10. The van der Waals surface area contributed by atoms with Gasteiger partial charge in [-0.1, -0.05) is 41.5 Å². The van der Waals surface area contributed by atoms with Crippen LogP contribution in [0.2, 0.25) is 16.6 Å². The Kier molecular flexibility index (Phi) is 7.74. The summed E-state index contributed by atoms with van der Waals surface area (Å²) in [7, 11) is -1.93. The van der Waals surface area contributed by atoms with E-state index in [1.54, 1.807) is 0 Å². The van der Waals surface area contributed by atoms with Crippen LogP contribution in [0.3, 0.4) is 0 Å². The van der Waals surface area contributed by atoms with Crippen molar-refractivity contribution in [1.29, 1.82) is 0 Å². The zero-order chi connectivity index (χ0) is 24.8. The third kappa shape index (κ3) is 5.04. The molecule has 2 saturated heterocycles. The normalized spacial score (nSPS) is 20.0. The largest absolute Gasteiger partial charge is 0.444 e. The van der Waals surface area contributed by atoms with Crippen LogP contribution in [-0.2, 0) is 15.1 Å². The number of amides is 1. The molecule has 0 saturated carbocycles. The first kappa shape index (κ1) is 26.6. The molecular weight excluding hydrogens is 452 g/mol. The second-order valence-corrected chi connectivity index (χ2v) is 19.1. The van der Waals surface area contributed by atoms with E-state index in [4.69, 9.17) is 14.5 Å². The number of likely N-dealkylation sites (tertiary alicyclic amines) is 1. The van der Waals surface area contributed by atoms with Gasteiger partial charge in [-0.05, 0) is 56.2 Å². The molecule has 0 aromatic carbocycles. The minimum absolute atomic E-state index is 0.233. The number of rotatable bonds is 6. The van der Waals surface area contributed by atoms with Crippen LogP contribution in [0.1, 0.15) is 91.6 Å². The summed E-state index contributed by atoms with van der Waals surface area (Å²) in [4.78, 5) is 20.8. The Bertz CT molecular complexity index is 812. The number of aromatic nitrogens is 1. The lowest BCUT2D eigenvalue weighted by Gasteiger charge is -2.41. The van der Waals surface area contributed by atoms with E-state index in [2.05, 4.69) is 41.5 Å². The summed E-state index contributed by atoms with van der Waals surface area (Å²) in [5, 5.41) is 11.3. The first-order chi connectivity index (χ1) is 15.2. The van der Waals surface area contributed by atoms with Gasteiger partial charge >= 0.3 is 6.09 Å². The van der Waals surface area contributed by atoms with E-state index in [1.165, 1.54) is 9.51 Å². The molecular formula is C25H44N2O4SSi. The van der Waals surface area contributed by atoms with Gasteiger partial charge in [0.25, 0.3) is 0 Å². The monoisotopic (exact) mass is 496 g/mol. The fourth-order valence-electron chi connectivity index (χ4n) is 5.95. The third-order valence-corrected chi connectivity index (χ3v) is 16.5. The Hall–Kier alpha value is -0.963. The lowest BCUT2D eigenvalue weighted by molar-refractivity contribution is -0.187. The topological polar surface area (TPSA) is 71.9 Å². The first-order valence-electron chi connectivity index (χ1n) is 12.5. The molecule has 6 nitrogen and oxygen atoms in total. The van der Waals surface area contributed by atoms with Crippen LogP contribution < -0.4 is 4.63 Å². The highest BCUT2D eigenvalue weighted by Gasteiger charge is 2.50. The molecule has 188 valence electrons. The van der Waals surface area contributed by atoms with E-state index in [0.717, 1.165) is 18.5 Å². The highest BCUT2D eigenvalue weighted by atomic mass is 32.1. The Balaban J connectivity index is 1.93. The lowest BCUT2D eigenvalue weighted by atomic mass is 9.88. The molecule has 8 heteroatoms. The number of piperidine rings is 1. The molecule has 0 radical (unpaired) electrons. The minimum atomic E-state index is -1.93. The van der Waals surface area contributed by atoms with Crippen LogP contribution in [-0.4, -0.2) is 61.1 Å². The summed E-state index contributed by atoms with van der Waals surface area (Å²) in [6, 6.07) is 0. The number of aliphatic hydroxyl groups is 1. The number of thiazole rings is 1. The van der Waals surface area contributed by atoms with Gasteiger partial charge in [-0.25, -0.2) is 9.78 Å². The smallest absolute Gasteiger partial charge is 0.410 e. The van der Waals surface area contributed by atoms with Gasteiger partial charge in [0.1, 0.15) is 13.7 Å². The molecule has 1 aromatic heterocycles. The molecule has 0 aliphatic carbocycles. The van der Waals surface area contributed by atoms with Gasteiger partial charge in [0.05, 0.1) is 23.5 Å². The molecule has 2 aliphatic rings. The summed E-state index contributed by atoms with van der Waals surface area (Å²) in [5.41, 5.74) is 1.07. The molecule has 1 amide bonds. The summed E-state index contributed by atoms with van der Waals surface area (Å²) < 4.78 is 12.3. The van der Waals surface area contributed by atoms with Gasteiger partial charge < -0.3 is 19.5 Å². The molecule has 1 aromatic rings. The molecule has 3 heterocycles. The van der Waals surface area contributed by atoms with Crippen molar-refractivity contribution >= 4 is 30.1 Å². The molecule has 2 fully saturated rings. The van der Waals surface area contributed by atoms with Crippen LogP contribution in [0.25, 0.3) is 0 Å². The number of hydrogen-bond donors (Lipinski definition) is 1. The second-order valence-electron chi connectivity index (χ2n) is 11.9. The van der Waals surface area contributed by atoms with Crippen molar-refractivity contribution < 1.29 is 19.4 Å². The third-order valence-electron chi connectivity index (χ3n) is 7.53. The van der Waals surface area contributed by atoms with Gasteiger partial charge in [-0.15, -0.1) is 11.3 Å².